The number of esters is 1. The monoisotopic (exact) mass is 378 g/mol. The van der Waals surface area contributed by atoms with E-state index >= 15 is 0 Å². The second kappa shape index (κ2) is 11.2. The Labute approximate surface area is 157 Å². The van der Waals surface area contributed by atoms with Gasteiger partial charge in [-0.2, -0.15) is 0 Å². The van der Waals surface area contributed by atoms with Crippen LogP contribution in [0.1, 0.15) is 64.2 Å². The van der Waals surface area contributed by atoms with Crippen LogP contribution in [0.2, 0.25) is 0 Å². The molecule has 0 aromatic heterocycles. The summed E-state index contributed by atoms with van der Waals surface area (Å²) in [5, 5.41) is -1.17. The summed E-state index contributed by atoms with van der Waals surface area (Å²) in [6, 6.07) is 8.17. The zero-order chi connectivity index (χ0) is 18.7. The maximum Gasteiger partial charge on any atom is 0.325 e. The standard InChI is InChI=1S/C21H30O4S/c22-21-20(26(23,24)19-15-11-10-12-16-19)17-13-8-6-4-2-1-3-5-7-9-14-18-25-21/h8,10-13,15-16,20H,1-7,9,14,17-18H2/b13-8+. The number of ether oxygens (including phenoxy) is 1. The average Bonchev–Trinajstić information content (AvgIpc) is 2.64. The Bertz CT molecular complexity index is 665. The lowest BCUT2D eigenvalue weighted by molar-refractivity contribution is -0.143. The fourth-order valence-electron chi connectivity index (χ4n) is 3.15. The molecule has 1 aromatic rings. The second-order valence-corrected chi connectivity index (χ2v) is 8.97. The van der Waals surface area contributed by atoms with Crippen molar-refractivity contribution in [2.24, 2.45) is 0 Å². The van der Waals surface area contributed by atoms with Crippen LogP contribution in [-0.4, -0.2) is 26.2 Å². The van der Waals surface area contributed by atoms with Crippen molar-refractivity contribution in [3.05, 3.63) is 42.5 Å². The smallest absolute Gasteiger partial charge is 0.325 e. The van der Waals surface area contributed by atoms with E-state index in [4.69, 9.17) is 4.74 Å². The lowest BCUT2D eigenvalue weighted by Gasteiger charge is -2.16. The molecule has 0 saturated heterocycles. The maximum absolute atomic E-state index is 12.9. The molecule has 1 atom stereocenters. The van der Waals surface area contributed by atoms with Gasteiger partial charge in [-0.15, -0.1) is 0 Å². The lowest BCUT2D eigenvalue weighted by Crippen LogP contribution is -2.32. The summed E-state index contributed by atoms with van der Waals surface area (Å²) in [5.41, 5.74) is 0. The summed E-state index contributed by atoms with van der Waals surface area (Å²) < 4.78 is 31.1. The molecule has 0 spiro atoms. The van der Waals surface area contributed by atoms with Gasteiger partial charge in [-0.1, -0.05) is 68.9 Å². The van der Waals surface area contributed by atoms with Gasteiger partial charge in [-0.25, -0.2) is 8.42 Å². The zero-order valence-electron chi connectivity index (χ0n) is 15.4. The third kappa shape index (κ3) is 6.60. The van der Waals surface area contributed by atoms with Crippen molar-refractivity contribution in [1.29, 1.82) is 0 Å². The first-order valence-corrected chi connectivity index (χ1v) is 11.3. The zero-order valence-corrected chi connectivity index (χ0v) is 16.3. The van der Waals surface area contributed by atoms with E-state index in [0.29, 0.717) is 6.61 Å². The molecule has 144 valence electrons. The topological polar surface area (TPSA) is 60.4 Å². The summed E-state index contributed by atoms with van der Waals surface area (Å²) in [6.45, 7) is 0.295. The van der Waals surface area contributed by atoms with E-state index in [9.17, 15) is 13.2 Å². The molecule has 1 aliphatic heterocycles. The van der Waals surface area contributed by atoms with E-state index < -0.39 is 21.1 Å². The highest BCUT2D eigenvalue weighted by atomic mass is 32.2. The molecule has 1 unspecified atom stereocenters. The Morgan fingerprint density at radius 2 is 1.42 bits per heavy atom. The molecule has 0 radical (unpaired) electrons. The van der Waals surface area contributed by atoms with Crippen molar-refractivity contribution < 1.29 is 17.9 Å². The molecule has 26 heavy (non-hydrogen) atoms. The first-order valence-electron chi connectivity index (χ1n) is 9.73. The van der Waals surface area contributed by atoms with Crippen LogP contribution >= 0.6 is 0 Å². The van der Waals surface area contributed by atoms with Gasteiger partial charge < -0.3 is 4.74 Å². The van der Waals surface area contributed by atoms with Crippen LogP contribution in [0.3, 0.4) is 0 Å². The molecule has 2 rings (SSSR count). The van der Waals surface area contributed by atoms with Crippen LogP contribution in [0.5, 0.6) is 0 Å². The number of rotatable bonds is 2. The molecule has 1 aromatic carbocycles. The molecular formula is C21H30O4S. The predicted molar refractivity (Wildman–Crippen MR) is 104 cm³/mol. The highest BCUT2D eigenvalue weighted by molar-refractivity contribution is 7.92. The quantitative estimate of drug-likeness (QED) is 0.545. The van der Waals surface area contributed by atoms with Gasteiger partial charge >= 0.3 is 5.97 Å². The first kappa shape index (κ1) is 20.7. The largest absolute Gasteiger partial charge is 0.465 e. The van der Waals surface area contributed by atoms with Crippen molar-refractivity contribution >= 4 is 15.8 Å². The van der Waals surface area contributed by atoms with Crippen LogP contribution in [0, 0.1) is 0 Å². The van der Waals surface area contributed by atoms with Crippen LogP contribution < -0.4 is 0 Å². The fourth-order valence-corrected chi connectivity index (χ4v) is 4.70. The SMILES string of the molecule is O=C1OCCCCCCCCCC/C=C/CC1S(=O)(=O)c1ccccc1. The van der Waals surface area contributed by atoms with Gasteiger partial charge in [0, 0.05) is 0 Å². The van der Waals surface area contributed by atoms with E-state index in [2.05, 4.69) is 0 Å². The molecule has 1 heterocycles. The molecule has 0 aliphatic carbocycles. The number of hydrogen-bond acceptors (Lipinski definition) is 4. The minimum atomic E-state index is -3.76. The Balaban J connectivity index is 2.12. The molecule has 0 N–H and O–H groups in total. The average molecular weight is 379 g/mol. The number of cyclic esters (lactones) is 1. The Hall–Kier alpha value is -1.62. The molecule has 0 bridgehead atoms. The maximum atomic E-state index is 12.9. The number of allylic oxidation sites excluding steroid dienone is 2. The molecule has 4 nitrogen and oxygen atoms in total. The predicted octanol–water partition coefficient (Wildman–Crippen LogP) is 4.84. The van der Waals surface area contributed by atoms with E-state index in [-0.39, 0.29) is 11.3 Å². The number of sulfone groups is 1. The Morgan fingerprint density at radius 3 is 2.12 bits per heavy atom. The summed E-state index contributed by atoms with van der Waals surface area (Å²) in [6.07, 6.45) is 13.9. The van der Waals surface area contributed by atoms with Gasteiger partial charge in [0.1, 0.15) is 0 Å². The summed E-state index contributed by atoms with van der Waals surface area (Å²) in [4.78, 5) is 12.7. The molecule has 0 saturated carbocycles. The minimum absolute atomic E-state index is 0.163. The van der Waals surface area contributed by atoms with Crippen molar-refractivity contribution in [1.82, 2.24) is 0 Å². The first-order chi connectivity index (χ1) is 12.6. The van der Waals surface area contributed by atoms with E-state index in [1.807, 2.05) is 12.2 Å². The lowest BCUT2D eigenvalue weighted by atomic mass is 10.1. The van der Waals surface area contributed by atoms with Crippen molar-refractivity contribution in [3.8, 4) is 0 Å². The number of carbonyl (C=O) groups is 1. The summed E-state index contributed by atoms with van der Waals surface area (Å²) in [5.74, 6) is -0.634. The number of hydrogen-bond donors (Lipinski definition) is 0. The van der Waals surface area contributed by atoms with Crippen LogP contribution in [-0.2, 0) is 19.4 Å². The highest BCUT2D eigenvalue weighted by Gasteiger charge is 2.34. The summed E-state index contributed by atoms with van der Waals surface area (Å²) in [7, 11) is -3.76. The Morgan fingerprint density at radius 1 is 0.808 bits per heavy atom. The van der Waals surface area contributed by atoms with E-state index in [1.165, 1.54) is 37.8 Å². The molecule has 5 heteroatoms. The van der Waals surface area contributed by atoms with E-state index in [0.717, 1.165) is 32.1 Å². The van der Waals surface area contributed by atoms with Gasteiger partial charge in [0.2, 0.25) is 0 Å². The molecule has 1 aliphatic rings. The molecule has 0 fully saturated rings. The third-order valence-electron chi connectivity index (χ3n) is 4.74. The molecule has 0 amide bonds. The fraction of sp³-hybridized carbons (Fsp3) is 0.571. The minimum Gasteiger partial charge on any atom is -0.465 e. The van der Waals surface area contributed by atoms with Crippen LogP contribution in [0.25, 0.3) is 0 Å². The molecular weight excluding hydrogens is 348 g/mol. The normalized spacial score (nSPS) is 23.1. The van der Waals surface area contributed by atoms with Crippen molar-refractivity contribution in [2.75, 3.05) is 6.61 Å². The van der Waals surface area contributed by atoms with Gasteiger partial charge in [-0.05, 0) is 37.8 Å². The highest BCUT2D eigenvalue weighted by Crippen LogP contribution is 2.21. The third-order valence-corrected chi connectivity index (χ3v) is 6.80. The van der Waals surface area contributed by atoms with Gasteiger partial charge in [0.05, 0.1) is 11.5 Å². The Kier molecular flexibility index (Phi) is 8.89. The van der Waals surface area contributed by atoms with Gasteiger partial charge in [0.25, 0.3) is 0 Å². The van der Waals surface area contributed by atoms with Crippen LogP contribution in [0.4, 0.5) is 0 Å². The second-order valence-electron chi connectivity index (χ2n) is 6.84. The van der Waals surface area contributed by atoms with Crippen molar-refractivity contribution in [2.45, 2.75) is 74.4 Å². The van der Waals surface area contributed by atoms with Crippen LogP contribution in [0.15, 0.2) is 47.4 Å². The number of benzene rings is 1. The number of carbonyl (C=O) groups excluding carboxylic acids is 1. The van der Waals surface area contributed by atoms with Gasteiger partial charge in [0.15, 0.2) is 15.1 Å². The van der Waals surface area contributed by atoms with E-state index in [1.54, 1.807) is 18.2 Å². The van der Waals surface area contributed by atoms with Crippen molar-refractivity contribution in [3.63, 3.8) is 0 Å². The summed E-state index contributed by atoms with van der Waals surface area (Å²) >= 11 is 0. The van der Waals surface area contributed by atoms with Gasteiger partial charge in [-0.3, -0.25) is 4.79 Å².